The molecule has 0 fully saturated rings. The predicted molar refractivity (Wildman–Crippen MR) is 86.5 cm³/mol. The number of halogens is 1. The molecule has 0 aliphatic rings. The lowest BCUT2D eigenvalue weighted by Gasteiger charge is -2.15. The summed E-state index contributed by atoms with van der Waals surface area (Å²) in [6.07, 6.45) is 3.08. The van der Waals surface area contributed by atoms with Crippen molar-refractivity contribution in [2.45, 2.75) is 24.3 Å². The van der Waals surface area contributed by atoms with Crippen molar-refractivity contribution in [3.63, 3.8) is 0 Å². The second-order valence-corrected chi connectivity index (χ2v) is 5.92. The number of nitrogens with one attached hydrogen (secondary N) is 1. The van der Waals surface area contributed by atoms with Gasteiger partial charge in [-0.15, -0.1) is 11.8 Å². The zero-order valence-corrected chi connectivity index (χ0v) is 12.8. The first kappa shape index (κ1) is 14.3. The summed E-state index contributed by atoms with van der Waals surface area (Å²) in [6, 6.07) is 17.0. The van der Waals surface area contributed by atoms with Gasteiger partial charge in [0.2, 0.25) is 0 Å². The van der Waals surface area contributed by atoms with Crippen LogP contribution in [-0.4, -0.2) is 12.3 Å². The standard InChI is InChI=1S/C16H18ClNS/c1-12(11-13-3-5-14(17)6-4-13)18-15-7-9-16(19-2)10-8-15/h3-10,12,18H,11H2,1-2H3. The molecule has 1 atom stereocenters. The minimum absolute atomic E-state index is 0.390. The highest BCUT2D eigenvalue weighted by Gasteiger charge is 2.03. The molecule has 0 saturated heterocycles. The molecule has 0 radical (unpaired) electrons. The molecular formula is C16H18ClNS. The summed E-state index contributed by atoms with van der Waals surface area (Å²) in [7, 11) is 0. The summed E-state index contributed by atoms with van der Waals surface area (Å²) in [6.45, 7) is 2.19. The summed E-state index contributed by atoms with van der Waals surface area (Å²) in [5, 5.41) is 4.30. The quantitative estimate of drug-likeness (QED) is 0.769. The monoisotopic (exact) mass is 291 g/mol. The van der Waals surface area contributed by atoms with Crippen LogP contribution in [0.2, 0.25) is 5.02 Å². The Kier molecular flexibility index (Phi) is 5.17. The minimum atomic E-state index is 0.390. The molecule has 2 aromatic rings. The second-order valence-electron chi connectivity index (χ2n) is 4.60. The molecule has 0 bridgehead atoms. The predicted octanol–water partition coefficient (Wildman–Crippen LogP) is 5.11. The fraction of sp³-hybridized carbons (Fsp3) is 0.250. The molecule has 0 amide bonds. The van der Waals surface area contributed by atoms with Gasteiger partial charge in [-0.2, -0.15) is 0 Å². The van der Waals surface area contributed by atoms with E-state index < -0.39 is 0 Å². The Hall–Kier alpha value is -1.12. The van der Waals surface area contributed by atoms with Gasteiger partial charge in [-0.25, -0.2) is 0 Å². The lowest BCUT2D eigenvalue weighted by molar-refractivity contribution is 0.790. The summed E-state index contributed by atoms with van der Waals surface area (Å²) < 4.78 is 0. The van der Waals surface area contributed by atoms with E-state index in [2.05, 4.69) is 54.9 Å². The highest BCUT2D eigenvalue weighted by molar-refractivity contribution is 7.98. The maximum Gasteiger partial charge on any atom is 0.0406 e. The van der Waals surface area contributed by atoms with Gasteiger partial charge in [0.1, 0.15) is 0 Å². The Labute approximate surface area is 124 Å². The zero-order chi connectivity index (χ0) is 13.7. The van der Waals surface area contributed by atoms with E-state index in [1.165, 1.54) is 16.1 Å². The second kappa shape index (κ2) is 6.88. The van der Waals surface area contributed by atoms with E-state index in [0.717, 1.165) is 11.4 Å². The topological polar surface area (TPSA) is 12.0 Å². The van der Waals surface area contributed by atoms with Crippen LogP contribution in [0, 0.1) is 0 Å². The summed E-state index contributed by atoms with van der Waals surface area (Å²) in [5.74, 6) is 0. The first-order valence-electron chi connectivity index (χ1n) is 6.32. The van der Waals surface area contributed by atoms with Gasteiger partial charge in [-0.05, 0) is 61.6 Å². The van der Waals surface area contributed by atoms with Crippen molar-refractivity contribution in [3.05, 3.63) is 59.1 Å². The number of hydrogen-bond donors (Lipinski definition) is 1. The number of benzene rings is 2. The first-order chi connectivity index (χ1) is 9.17. The molecule has 0 aliphatic heterocycles. The Bertz CT molecular complexity index is 507. The van der Waals surface area contributed by atoms with Crippen molar-refractivity contribution in [2.24, 2.45) is 0 Å². The van der Waals surface area contributed by atoms with Gasteiger partial charge in [0, 0.05) is 21.6 Å². The molecule has 0 aliphatic carbocycles. The molecule has 1 unspecified atom stereocenters. The van der Waals surface area contributed by atoms with Gasteiger partial charge in [0.15, 0.2) is 0 Å². The van der Waals surface area contributed by atoms with E-state index >= 15 is 0 Å². The van der Waals surface area contributed by atoms with Gasteiger partial charge in [-0.1, -0.05) is 23.7 Å². The molecule has 2 aromatic carbocycles. The van der Waals surface area contributed by atoms with Crippen LogP contribution < -0.4 is 5.32 Å². The third kappa shape index (κ3) is 4.48. The average molecular weight is 292 g/mol. The van der Waals surface area contributed by atoms with Crippen molar-refractivity contribution in [3.8, 4) is 0 Å². The molecule has 0 spiro atoms. The molecule has 0 heterocycles. The third-order valence-electron chi connectivity index (χ3n) is 2.96. The van der Waals surface area contributed by atoms with Gasteiger partial charge in [0.25, 0.3) is 0 Å². The van der Waals surface area contributed by atoms with Crippen molar-refractivity contribution in [1.82, 2.24) is 0 Å². The van der Waals surface area contributed by atoms with E-state index in [0.29, 0.717) is 6.04 Å². The van der Waals surface area contributed by atoms with Gasteiger partial charge in [-0.3, -0.25) is 0 Å². The SMILES string of the molecule is CSc1ccc(NC(C)Cc2ccc(Cl)cc2)cc1. The van der Waals surface area contributed by atoms with E-state index in [9.17, 15) is 0 Å². The molecule has 0 aromatic heterocycles. The van der Waals surface area contributed by atoms with Crippen molar-refractivity contribution in [2.75, 3.05) is 11.6 Å². The van der Waals surface area contributed by atoms with Crippen LogP contribution in [0.5, 0.6) is 0 Å². The molecular weight excluding hydrogens is 274 g/mol. The van der Waals surface area contributed by atoms with Crippen molar-refractivity contribution in [1.29, 1.82) is 0 Å². The summed E-state index contributed by atoms with van der Waals surface area (Å²) in [5.41, 5.74) is 2.46. The Morgan fingerprint density at radius 3 is 2.26 bits per heavy atom. The summed E-state index contributed by atoms with van der Waals surface area (Å²) in [4.78, 5) is 1.29. The van der Waals surface area contributed by atoms with Crippen LogP contribution in [0.1, 0.15) is 12.5 Å². The molecule has 0 saturated carbocycles. The number of thioether (sulfide) groups is 1. The van der Waals surface area contributed by atoms with E-state index in [1.807, 2.05) is 12.1 Å². The smallest absolute Gasteiger partial charge is 0.0406 e. The lowest BCUT2D eigenvalue weighted by Crippen LogP contribution is -2.17. The van der Waals surface area contributed by atoms with E-state index in [4.69, 9.17) is 11.6 Å². The van der Waals surface area contributed by atoms with Gasteiger partial charge < -0.3 is 5.32 Å². The fourth-order valence-corrected chi connectivity index (χ4v) is 2.53. The number of hydrogen-bond acceptors (Lipinski definition) is 2. The molecule has 1 N–H and O–H groups in total. The van der Waals surface area contributed by atoms with Crippen LogP contribution in [0.15, 0.2) is 53.4 Å². The Balaban J connectivity index is 1.92. The average Bonchev–Trinajstić information content (AvgIpc) is 2.42. The normalized spacial score (nSPS) is 12.2. The van der Waals surface area contributed by atoms with E-state index in [1.54, 1.807) is 11.8 Å². The zero-order valence-electron chi connectivity index (χ0n) is 11.2. The van der Waals surface area contributed by atoms with Crippen LogP contribution in [-0.2, 0) is 6.42 Å². The molecule has 1 nitrogen and oxygen atoms in total. The van der Waals surface area contributed by atoms with Crippen molar-refractivity contribution < 1.29 is 0 Å². The third-order valence-corrected chi connectivity index (χ3v) is 3.95. The van der Waals surface area contributed by atoms with Gasteiger partial charge in [0.05, 0.1) is 0 Å². The molecule has 2 rings (SSSR count). The van der Waals surface area contributed by atoms with Crippen LogP contribution in [0.3, 0.4) is 0 Å². The van der Waals surface area contributed by atoms with E-state index in [-0.39, 0.29) is 0 Å². The Morgan fingerprint density at radius 2 is 1.68 bits per heavy atom. The molecule has 100 valence electrons. The molecule has 3 heteroatoms. The van der Waals surface area contributed by atoms with Gasteiger partial charge >= 0.3 is 0 Å². The highest BCUT2D eigenvalue weighted by atomic mass is 35.5. The number of rotatable bonds is 5. The lowest BCUT2D eigenvalue weighted by atomic mass is 10.1. The van der Waals surface area contributed by atoms with Crippen LogP contribution in [0.4, 0.5) is 5.69 Å². The molecule has 19 heavy (non-hydrogen) atoms. The maximum absolute atomic E-state index is 5.89. The highest BCUT2D eigenvalue weighted by Crippen LogP contribution is 2.19. The van der Waals surface area contributed by atoms with Crippen LogP contribution >= 0.6 is 23.4 Å². The largest absolute Gasteiger partial charge is 0.382 e. The van der Waals surface area contributed by atoms with Crippen LogP contribution in [0.25, 0.3) is 0 Å². The van der Waals surface area contributed by atoms with Crippen molar-refractivity contribution >= 4 is 29.1 Å². The number of anilines is 1. The Morgan fingerprint density at radius 1 is 1.05 bits per heavy atom. The fourth-order valence-electron chi connectivity index (χ4n) is 2.00. The maximum atomic E-state index is 5.89. The first-order valence-corrected chi connectivity index (χ1v) is 7.92. The summed E-state index contributed by atoms with van der Waals surface area (Å²) >= 11 is 7.65. The minimum Gasteiger partial charge on any atom is -0.382 e.